The lowest BCUT2D eigenvalue weighted by molar-refractivity contribution is -0.147. The number of aliphatic hydroxyl groups is 1. The van der Waals surface area contributed by atoms with E-state index in [1.165, 1.54) is 13.2 Å². The van der Waals surface area contributed by atoms with Gasteiger partial charge in [0.1, 0.15) is 0 Å². The third-order valence-corrected chi connectivity index (χ3v) is 2.57. The quantitative estimate of drug-likeness (QED) is 0.858. The summed E-state index contributed by atoms with van der Waals surface area (Å²) in [6, 6.07) is 1.18. The standard InChI is InChI=1S/C10H10ClFO4/c1-4-3-5(8(13)10(14)15)7(12)9(16-2)6(4)11/h3,8,13H,1-2H3,(H,14,15). The molecule has 0 aliphatic heterocycles. The van der Waals surface area contributed by atoms with Gasteiger partial charge >= 0.3 is 5.97 Å². The molecule has 0 spiro atoms. The molecule has 0 saturated heterocycles. The highest BCUT2D eigenvalue weighted by Crippen LogP contribution is 2.35. The molecular formula is C10H10ClFO4. The molecule has 0 aliphatic carbocycles. The molecule has 2 N–H and O–H groups in total. The zero-order valence-electron chi connectivity index (χ0n) is 8.62. The van der Waals surface area contributed by atoms with Crippen LogP contribution in [0.15, 0.2) is 6.07 Å². The first-order valence-electron chi connectivity index (χ1n) is 4.33. The smallest absolute Gasteiger partial charge is 0.337 e. The van der Waals surface area contributed by atoms with Crippen molar-refractivity contribution in [2.24, 2.45) is 0 Å². The van der Waals surface area contributed by atoms with Crippen LogP contribution in [0.4, 0.5) is 4.39 Å². The van der Waals surface area contributed by atoms with Crippen LogP contribution in [0.2, 0.25) is 5.02 Å². The van der Waals surface area contributed by atoms with E-state index in [0.29, 0.717) is 5.56 Å². The molecule has 4 nitrogen and oxygen atoms in total. The van der Waals surface area contributed by atoms with E-state index >= 15 is 0 Å². The molecule has 0 amide bonds. The molecule has 1 aromatic rings. The van der Waals surface area contributed by atoms with Gasteiger partial charge in [-0.25, -0.2) is 9.18 Å². The molecule has 0 radical (unpaired) electrons. The summed E-state index contributed by atoms with van der Waals surface area (Å²) in [5, 5.41) is 17.9. The Hall–Kier alpha value is -1.33. The van der Waals surface area contributed by atoms with Crippen LogP contribution in [0.25, 0.3) is 0 Å². The molecule has 1 aromatic carbocycles. The minimum Gasteiger partial charge on any atom is -0.492 e. The first kappa shape index (κ1) is 12.7. The maximum Gasteiger partial charge on any atom is 0.337 e. The van der Waals surface area contributed by atoms with Crippen molar-refractivity contribution in [3.63, 3.8) is 0 Å². The Balaban J connectivity index is 3.42. The molecule has 16 heavy (non-hydrogen) atoms. The lowest BCUT2D eigenvalue weighted by Crippen LogP contribution is -2.13. The Morgan fingerprint density at radius 2 is 2.19 bits per heavy atom. The summed E-state index contributed by atoms with van der Waals surface area (Å²) in [6.07, 6.45) is -1.94. The summed E-state index contributed by atoms with van der Waals surface area (Å²) in [6.45, 7) is 1.56. The number of carboxylic acids is 1. The van der Waals surface area contributed by atoms with Crippen LogP contribution < -0.4 is 4.74 Å². The second kappa shape index (κ2) is 4.67. The molecule has 6 heteroatoms. The van der Waals surface area contributed by atoms with E-state index < -0.39 is 17.9 Å². The van der Waals surface area contributed by atoms with E-state index in [9.17, 15) is 14.3 Å². The van der Waals surface area contributed by atoms with Gasteiger partial charge in [0.25, 0.3) is 0 Å². The Labute approximate surface area is 96.2 Å². The van der Waals surface area contributed by atoms with Gasteiger partial charge < -0.3 is 14.9 Å². The Bertz CT molecular complexity index is 433. The highest BCUT2D eigenvalue weighted by molar-refractivity contribution is 6.32. The van der Waals surface area contributed by atoms with Crippen molar-refractivity contribution < 1.29 is 24.1 Å². The molecular weight excluding hydrogens is 239 g/mol. The summed E-state index contributed by atoms with van der Waals surface area (Å²) in [4.78, 5) is 10.6. The summed E-state index contributed by atoms with van der Waals surface area (Å²) >= 11 is 5.76. The number of hydrogen-bond donors (Lipinski definition) is 2. The van der Waals surface area contributed by atoms with Gasteiger partial charge in [-0.1, -0.05) is 11.6 Å². The number of carboxylic acid groups (broad SMARTS) is 1. The number of carbonyl (C=O) groups is 1. The van der Waals surface area contributed by atoms with Crippen LogP contribution in [0.5, 0.6) is 5.75 Å². The van der Waals surface area contributed by atoms with E-state index in [-0.39, 0.29) is 16.3 Å². The van der Waals surface area contributed by atoms with Gasteiger partial charge in [0.15, 0.2) is 17.7 Å². The fourth-order valence-electron chi connectivity index (χ4n) is 1.28. The van der Waals surface area contributed by atoms with Gasteiger partial charge in [-0.15, -0.1) is 0 Å². The summed E-state index contributed by atoms with van der Waals surface area (Å²) < 4.78 is 18.4. The fourth-order valence-corrected chi connectivity index (χ4v) is 1.49. The maximum atomic E-state index is 13.7. The van der Waals surface area contributed by atoms with Gasteiger partial charge in [0.2, 0.25) is 0 Å². The van der Waals surface area contributed by atoms with Crippen LogP contribution in [-0.4, -0.2) is 23.3 Å². The lowest BCUT2D eigenvalue weighted by Gasteiger charge is -2.13. The monoisotopic (exact) mass is 248 g/mol. The third kappa shape index (κ3) is 2.10. The Morgan fingerprint density at radius 3 is 2.62 bits per heavy atom. The van der Waals surface area contributed by atoms with Crippen molar-refractivity contribution in [1.82, 2.24) is 0 Å². The highest BCUT2D eigenvalue weighted by Gasteiger charge is 2.25. The second-order valence-electron chi connectivity index (χ2n) is 3.18. The SMILES string of the molecule is COc1c(F)c(C(O)C(=O)O)cc(C)c1Cl. The largest absolute Gasteiger partial charge is 0.492 e. The van der Waals surface area contributed by atoms with Crippen LogP contribution >= 0.6 is 11.6 Å². The summed E-state index contributed by atoms with van der Waals surface area (Å²) in [7, 11) is 1.21. The van der Waals surface area contributed by atoms with Crippen LogP contribution in [0, 0.1) is 12.7 Å². The van der Waals surface area contributed by atoms with Crippen molar-refractivity contribution in [3.05, 3.63) is 28.0 Å². The first-order chi connectivity index (χ1) is 7.40. The number of methoxy groups -OCH3 is 1. The number of aryl methyl sites for hydroxylation is 1. The van der Waals surface area contributed by atoms with Crippen molar-refractivity contribution >= 4 is 17.6 Å². The number of benzene rings is 1. The van der Waals surface area contributed by atoms with Gasteiger partial charge in [-0.3, -0.25) is 0 Å². The second-order valence-corrected chi connectivity index (χ2v) is 3.56. The van der Waals surface area contributed by atoms with Crippen molar-refractivity contribution in [3.8, 4) is 5.75 Å². The molecule has 1 atom stereocenters. The van der Waals surface area contributed by atoms with Crippen molar-refractivity contribution in [1.29, 1.82) is 0 Å². The van der Waals surface area contributed by atoms with E-state index in [2.05, 4.69) is 0 Å². The number of ether oxygens (including phenoxy) is 1. The number of aliphatic carboxylic acids is 1. The summed E-state index contributed by atoms with van der Waals surface area (Å²) in [5.41, 5.74) is 0.0569. The molecule has 88 valence electrons. The number of hydrogen-bond acceptors (Lipinski definition) is 3. The zero-order valence-corrected chi connectivity index (χ0v) is 9.38. The molecule has 1 unspecified atom stereocenters. The zero-order chi connectivity index (χ0) is 12.5. The van der Waals surface area contributed by atoms with Gasteiger partial charge in [-0.05, 0) is 18.6 Å². The van der Waals surface area contributed by atoms with Gasteiger partial charge in [0, 0.05) is 5.56 Å². The predicted octanol–water partition coefficient (Wildman–Crippen LogP) is 1.91. The molecule has 0 bridgehead atoms. The van der Waals surface area contributed by atoms with Crippen LogP contribution in [0.1, 0.15) is 17.2 Å². The van der Waals surface area contributed by atoms with Crippen molar-refractivity contribution in [2.75, 3.05) is 7.11 Å². The van der Waals surface area contributed by atoms with E-state index in [1.54, 1.807) is 6.92 Å². The molecule has 0 fully saturated rings. The minimum atomic E-state index is -1.94. The maximum absolute atomic E-state index is 13.7. The minimum absolute atomic E-state index is 0.0568. The number of aliphatic hydroxyl groups excluding tert-OH is 1. The van der Waals surface area contributed by atoms with Gasteiger partial charge in [-0.2, -0.15) is 0 Å². The fraction of sp³-hybridized carbons (Fsp3) is 0.300. The normalized spacial score (nSPS) is 12.3. The average molecular weight is 249 g/mol. The molecule has 0 aromatic heterocycles. The van der Waals surface area contributed by atoms with E-state index in [4.69, 9.17) is 21.4 Å². The average Bonchev–Trinajstić information content (AvgIpc) is 2.23. The van der Waals surface area contributed by atoms with Crippen LogP contribution in [0.3, 0.4) is 0 Å². The number of rotatable bonds is 3. The lowest BCUT2D eigenvalue weighted by atomic mass is 10.0. The van der Waals surface area contributed by atoms with E-state index in [1.807, 2.05) is 0 Å². The Kier molecular flexibility index (Phi) is 3.72. The molecule has 0 saturated carbocycles. The number of halogens is 2. The highest BCUT2D eigenvalue weighted by atomic mass is 35.5. The van der Waals surface area contributed by atoms with Gasteiger partial charge in [0.05, 0.1) is 12.1 Å². The predicted molar refractivity (Wildman–Crippen MR) is 55.3 cm³/mol. The van der Waals surface area contributed by atoms with Crippen LogP contribution in [-0.2, 0) is 4.79 Å². The summed E-state index contributed by atoms with van der Waals surface area (Å²) in [5.74, 6) is -2.77. The molecule has 0 aliphatic rings. The molecule has 1 rings (SSSR count). The topological polar surface area (TPSA) is 66.8 Å². The first-order valence-corrected chi connectivity index (χ1v) is 4.71. The van der Waals surface area contributed by atoms with E-state index in [0.717, 1.165) is 0 Å². The molecule has 0 heterocycles. The third-order valence-electron chi connectivity index (χ3n) is 2.10. The van der Waals surface area contributed by atoms with Crippen molar-refractivity contribution in [2.45, 2.75) is 13.0 Å². The Morgan fingerprint density at radius 1 is 1.62 bits per heavy atom.